The lowest BCUT2D eigenvalue weighted by Gasteiger charge is -2.10. The van der Waals surface area contributed by atoms with Crippen molar-refractivity contribution >= 4 is 11.7 Å². The minimum Gasteiger partial charge on any atom is -0.396 e. The van der Waals surface area contributed by atoms with Crippen molar-refractivity contribution in [3.05, 3.63) is 48.3 Å². The Bertz CT molecular complexity index is 622. The molecule has 1 amide bonds. The van der Waals surface area contributed by atoms with Crippen molar-refractivity contribution in [2.45, 2.75) is 19.4 Å². The smallest absolute Gasteiger partial charge is 0.292 e. The van der Waals surface area contributed by atoms with Gasteiger partial charge in [0.05, 0.1) is 17.4 Å². The summed E-state index contributed by atoms with van der Waals surface area (Å²) < 4.78 is 1.54. The second-order valence-corrected chi connectivity index (χ2v) is 4.73. The number of benzene rings is 1. The van der Waals surface area contributed by atoms with Crippen LogP contribution in [0, 0.1) is 0 Å². The number of amides is 1. The molecule has 1 atom stereocenters. The van der Waals surface area contributed by atoms with E-state index in [4.69, 9.17) is 5.11 Å². The van der Waals surface area contributed by atoms with Gasteiger partial charge in [0.15, 0.2) is 0 Å². The van der Waals surface area contributed by atoms with E-state index >= 15 is 0 Å². The van der Waals surface area contributed by atoms with Crippen LogP contribution in [0.4, 0.5) is 0 Å². The Labute approximate surface area is 122 Å². The summed E-state index contributed by atoms with van der Waals surface area (Å²) in [6.45, 7) is 1.69. The molecule has 0 aliphatic carbocycles. The van der Waals surface area contributed by atoms with E-state index in [2.05, 4.69) is 10.4 Å². The first-order chi connectivity index (χ1) is 10.1. The maximum atomic E-state index is 12.0. The Morgan fingerprint density at radius 2 is 2.05 bits per heavy atom. The second kappa shape index (κ2) is 6.81. The number of aliphatic hydroxyl groups excluding tert-OH is 1. The molecule has 2 aromatic rings. The quantitative estimate of drug-likeness (QED) is 0.612. The van der Waals surface area contributed by atoms with Gasteiger partial charge in [-0.1, -0.05) is 18.2 Å². The molecule has 1 heterocycles. The van der Waals surface area contributed by atoms with E-state index in [0.29, 0.717) is 6.42 Å². The van der Waals surface area contributed by atoms with Crippen LogP contribution in [0.2, 0.25) is 0 Å². The fourth-order valence-corrected chi connectivity index (χ4v) is 1.85. The minimum atomic E-state index is -0.691. The SMILES string of the molecule is CC(CCO)NC(=O)C(=O)c1cnn(-c2ccccc2)c1. The fraction of sp³-hybridized carbons (Fsp3) is 0.267. The highest BCUT2D eigenvalue weighted by molar-refractivity contribution is 6.42. The molecule has 0 spiro atoms. The van der Waals surface area contributed by atoms with Gasteiger partial charge >= 0.3 is 0 Å². The van der Waals surface area contributed by atoms with Gasteiger partial charge in [0.25, 0.3) is 11.7 Å². The van der Waals surface area contributed by atoms with Crippen LogP contribution in [0.15, 0.2) is 42.7 Å². The number of hydrogen-bond acceptors (Lipinski definition) is 4. The number of hydrogen-bond donors (Lipinski definition) is 2. The molecule has 0 bridgehead atoms. The molecular weight excluding hydrogens is 270 g/mol. The molecule has 6 nitrogen and oxygen atoms in total. The van der Waals surface area contributed by atoms with Crippen LogP contribution in [-0.4, -0.2) is 39.2 Å². The van der Waals surface area contributed by atoms with Gasteiger partial charge in [-0.15, -0.1) is 0 Å². The molecule has 0 radical (unpaired) electrons. The maximum absolute atomic E-state index is 12.0. The molecule has 21 heavy (non-hydrogen) atoms. The number of aromatic nitrogens is 2. The molecule has 2 N–H and O–H groups in total. The average molecular weight is 287 g/mol. The van der Waals surface area contributed by atoms with E-state index in [9.17, 15) is 9.59 Å². The molecule has 0 fully saturated rings. The Morgan fingerprint density at radius 3 is 2.71 bits per heavy atom. The third kappa shape index (κ3) is 3.76. The highest BCUT2D eigenvalue weighted by Gasteiger charge is 2.19. The number of Topliss-reactive ketones (excluding diaryl/α,β-unsaturated/α-hetero) is 1. The largest absolute Gasteiger partial charge is 0.396 e. The molecule has 1 unspecified atom stereocenters. The van der Waals surface area contributed by atoms with Crippen LogP contribution in [-0.2, 0) is 4.79 Å². The number of carbonyl (C=O) groups is 2. The highest BCUT2D eigenvalue weighted by atomic mass is 16.3. The lowest BCUT2D eigenvalue weighted by atomic mass is 10.2. The first-order valence-corrected chi connectivity index (χ1v) is 6.68. The van der Waals surface area contributed by atoms with Crippen molar-refractivity contribution in [1.29, 1.82) is 0 Å². The van der Waals surface area contributed by atoms with Gasteiger partial charge in [0.1, 0.15) is 0 Å². The van der Waals surface area contributed by atoms with Crippen LogP contribution in [0.25, 0.3) is 5.69 Å². The number of rotatable bonds is 6. The third-order valence-corrected chi connectivity index (χ3v) is 3.01. The Hall–Kier alpha value is -2.47. The summed E-state index contributed by atoms with van der Waals surface area (Å²) in [5.74, 6) is -1.33. The van der Waals surface area contributed by atoms with Crippen molar-refractivity contribution < 1.29 is 14.7 Å². The summed E-state index contributed by atoms with van der Waals surface area (Å²) >= 11 is 0. The van der Waals surface area contributed by atoms with E-state index in [1.54, 1.807) is 6.92 Å². The number of carbonyl (C=O) groups excluding carboxylic acids is 2. The Balaban J connectivity index is 2.07. The highest BCUT2D eigenvalue weighted by Crippen LogP contribution is 2.08. The monoisotopic (exact) mass is 287 g/mol. The van der Waals surface area contributed by atoms with Crippen LogP contribution < -0.4 is 5.32 Å². The minimum absolute atomic E-state index is 0.0401. The molecular formula is C15H17N3O3. The second-order valence-electron chi connectivity index (χ2n) is 4.73. The number of ketones is 1. The summed E-state index contributed by atoms with van der Waals surface area (Å²) in [6.07, 6.45) is 3.29. The molecule has 1 aromatic carbocycles. The summed E-state index contributed by atoms with van der Waals surface area (Å²) in [5.41, 5.74) is 1.04. The van der Waals surface area contributed by atoms with Gasteiger partial charge in [-0.2, -0.15) is 5.10 Å². The van der Waals surface area contributed by atoms with Gasteiger partial charge in [0, 0.05) is 18.8 Å². The van der Waals surface area contributed by atoms with Gasteiger partial charge in [-0.3, -0.25) is 9.59 Å². The molecule has 0 aliphatic rings. The summed E-state index contributed by atoms with van der Waals surface area (Å²) in [5, 5.41) is 15.4. The van der Waals surface area contributed by atoms with Crippen LogP contribution in [0.3, 0.4) is 0 Å². The predicted molar refractivity (Wildman–Crippen MR) is 77.2 cm³/mol. The van der Waals surface area contributed by atoms with Crippen molar-refractivity contribution in [2.75, 3.05) is 6.61 Å². The zero-order valence-electron chi connectivity index (χ0n) is 11.7. The number of nitrogens with zero attached hydrogens (tertiary/aromatic N) is 2. The molecule has 110 valence electrons. The van der Waals surface area contributed by atoms with E-state index in [0.717, 1.165) is 5.69 Å². The molecule has 0 saturated heterocycles. The molecule has 0 saturated carbocycles. The van der Waals surface area contributed by atoms with E-state index in [-0.39, 0.29) is 18.2 Å². The standard InChI is InChI=1S/C15H17N3O3/c1-11(7-8-19)17-15(21)14(20)12-9-16-18(10-12)13-5-3-2-4-6-13/h2-6,9-11,19H,7-8H2,1H3,(H,17,21). The lowest BCUT2D eigenvalue weighted by molar-refractivity contribution is -0.117. The topological polar surface area (TPSA) is 84.2 Å². The third-order valence-electron chi connectivity index (χ3n) is 3.01. The zero-order chi connectivity index (χ0) is 15.2. The van der Waals surface area contributed by atoms with Crippen molar-refractivity contribution in [3.63, 3.8) is 0 Å². The molecule has 2 rings (SSSR count). The predicted octanol–water partition coefficient (Wildman–Crippen LogP) is 0.942. The maximum Gasteiger partial charge on any atom is 0.292 e. The summed E-state index contributed by atoms with van der Waals surface area (Å²) in [4.78, 5) is 23.8. The molecule has 0 aliphatic heterocycles. The molecule has 6 heteroatoms. The first kappa shape index (κ1) is 14.9. The van der Waals surface area contributed by atoms with Crippen molar-refractivity contribution in [3.8, 4) is 5.69 Å². The van der Waals surface area contributed by atoms with Crippen molar-refractivity contribution in [2.24, 2.45) is 0 Å². The van der Waals surface area contributed by atoms with E-state index < -0.39 is 11.7 Å². The summed E-state index contributed by atoms with van der Waals surface area (Å²) in [7, 11) is 0. The van der Waals surface area contributed by atoms with Crippen LogP contribution in [0.1, 0.15) is 23.7 Å². The van der Waals surface area contributed by atoms with Gasteiger partial charge in [-0.05, 0) is 25.5 Å². The average Bonchev–Trinajstić information content (AvgIpc) is 2.97. The van der Waals surface area contributed by atoms with Crippen molar-refractivity contribution in [1.82, 2.24) is 15.1 Å². The first-order valence-electron chi connectivity index (χ1n) is 6.68. The van der Waals surface area contributed by atoms with E-state index in [1.807, 2.05) is 30.3 Å². The normalized spacial score (nSPS) is 11.9. The fourth-order valence-electron chi connectivity index (χ4n) is 1.85. The molecule has 1 aromatic heterocycles. The zero-order valence-corrected chi connectivity index (χ0v) is 11.7. The van der Waals surface area contributed by atoms with Gasteiger partial charge in [0.2, 0.25) is 0 Å². The van der Waals surface area contributed by atoms with E-state index in [1.165, 1.54) is 17.1 Å². The summed E-state index contributed by atoms with van der Waals surface area (Å²) in [6, 6.07) is 9.06. The van der Waals surface area contributed by atoms with Crippen LogP contribution in [0.5, 0.6) is 0 Å². The van der Waals surface area contributed by atoms with Gasteiger partial charge in [-0.25, -0.2) is 4.68 Å². The Morgan fingerprint density at radius 1 is 1.33 bits per heavy atom. The Kier molecular flexibility index (Phi) is 4.84. The lowest BCUT2D eigenvalue weighted by Crippen LogP contribution is -2.38. The number of para-hydroxylation sites is 1. The number of aliphatic hydroxyl groups is 1. The van der Waals surface area contributed by atoms with Crippen LogP contribution >= 0.6 is 0 Å². The van der Waals surface area contributed by atoms with Gasteiger partial charge < -0.3 is 10.4 Å². The number of nitrogens with one attached hydrogen (secondary N) is 1.